The van der Waals surface area contributed by atoms with Crippen LogP contribution in [-0.2, 0) is 0 Å². The van der Waals surface area contributed by atoms with Crippen LogP contribution in [0, 0.1) is 17.8 Å². The maximum absolute atomic E-state index is 11.7. The second kappa shape index (κ2) is 8.76. The summed E-state index contributed by atoms with van der Waals surface area (Å²) in [4.78, 5) is 2.13. The van der Waals surface area contributed by atoms with Crippen molar-refractivity contribution in [3.8, 4) is 11.8 Å². The third-order valence-electron chi connectivity index (χ3n) is 5.05. The molecule has 0 bridgehead atoms. The molecule has 2 aromatic rings. The van der Waals surface area contributed by atoms with Gasteiger partial charge in [0, 0.05) is 23.0 Å². The second-order valence-electron chi connectivity index (χ2n) is 7.45. The number of hydrogen-bond acceptors (Lipinski definition) is 2. The number of benzene rings is 2. The van der Waals surface area contributed by atoms with Gasteiger partial charge in [-0.1, -0.05) is 59.8 Å². The summed E-state index contributed by atoms with van der Waals surface area (Å²) in [6, 6.07) is 17.6. The number of halogens is 1. The highest BCUT2D eigenvalue weighted by molar-refractivity contribution is 6.30. The highest BCUT2D eigenvalue weighted by Gasteiger charge is 2.41. The third kappa shape index (κ3) is 5.02. The van der Waals surface area contributed by atoms with Crippen molar-refractivity contribution in [1.29, 1.82) is 0 Å². The maximum atomic E-state index is 11.7. The fraction of sp³-hybridized carbons (Fsp3) is 0.333. The Morgan fingerprint density at radius 1 is 1.15 bits per heavy atom. The SMILES string of the molecule is CN(C)CC1CCCC(=Cc2ccc(Cl)cc2)C1(O)C#Cc1ccccc1. The fourth-order valence-electron chi connectivity index (χ4n) is 3.68. The topological polar surface area (TPSA) is 23.5 Å². The molecule has 0 radical (unpaired) electrons. The molecule has 1 aliphatic rings. The summed E-state index contributed by atoms with van der Waals surface area (Å²) in [6.07, 6.45) is 4.97. The summed E-state index contributed by atoms with van der Waals surface area (Å²) >= 11 is 6.01. The molecular formula is C24H26ClNO. The molecule has 0 spiro atoms. The molecular weight excluding hydrogens is 354 g/mol. The molecule has 3 heteroatoms. The Kier molecular flexibility index (Phi) is 6.39. The summed E-state index contributed by atoms with van der Waals surface area (Å²) in [5.41, 5.74) is 1.83. The second-order valence-corrected chi connectivity index (χ2v) is 7.89. The minimum absolute atomic E-state index is 0.0796. The van der Waals surface area contributed by atoms with Crippen LogP contribution in [0.25, 0.3) is 6.08 Å². The molecule has 2 aromatic carbocycles. The van der Waals surface area contributed by atoms with Gasteiger partial charge < -0.3 is 10.0 Å². The van der Waals surface area contributed by atoms with Crippen LogP contribution in [0.2, 0.25) is 5.02 Å². The van der Waals surface area contributed by atoms with Crippen molar-refractivity contribution in [2.75, 3.05) is 20.6 Å². The number of nitrogens with zero attached hydrogens (tertiary/aromatic N) is 1. The molecule has 2 atom stereocenters. The Bertz CT molecular complexity index is 845. The van der Waals surface area contributed by atoms with Gasteiger partial charge >= 0.3 is 0 Å². The molecule has 0 aliphatic heterocycles. The summed E-state index contributed by atoms with van der Waals surface area (Å²) in [7, 11) is 4.09. The first-order valence-electron chi connectivity index (χ1n) is 9.39. The average Bonchev–Trinajstić information content (AvgIpc) is 2.66. The van der Waals surface area contributed by atoms with Crippen molar-refractivity contribution in [3.63, 3.8) is 0 Å². The lowest BCUT2D eigenvalue weighted by atomic mass is 9.71. The van der Waals surface area contributed by atoms with Crippen molar-refractivity contribution < 1.29 is 5.11 Å². The van der Waals surface area contributed by atoms with E-state index in [-0.39, 0.29) is 5.92 Å². The molecule has 1 fully saturated rings. The molecule has 3 rings (SSSR count). The first-order valence-corrected chi connectivity index (χ1v) is 9.77. The largest absolute Gasteiger partial charge is 0.373 e. The van der Waals surface area contributed by atoms with E-state index >= 15 is 0 Å². The first kappa shape index (κ1) is 19.7. The monoisotopic (exact) mass is 379 g/mol. The number of aliphatic hydroxyl groups is 1. The van der Waals surface area contributed by atoms with Crippen LogP contribution in [0.1, 0.15) is 30.4 Å². The van der Waals surface area contributed by atoms with Crippen LogP contribution in [0.5, 0.6) is 0 Å². The fourth-order valence-corrected chi connectivity index (χ4v) is 3.80. The average molecular weight is 380 g/mol. The van der Waals surface area contributed by atoms with Gasteiger partial charge in [-0.05, 0) is 68.8 Å². The van der Waals surface area contributed by atoms with Crippen molar-refractivity contribution in [2.24, 2.45) is 5.92 Å². The summed E-state index contributed by atoms with van der Waals surface area (Å²) in [5.74, 6) is 6.52. The highest BCUT2D eigenvalue weighted by atomic mass is 35.5. The number of rotatable bonds is 3. The predicted octanol–water partition coefficient (Wildman–Crippen LogP) is 4.87. The molecule has 0 heterocycles. The Morgan fingerprint density at radius 3 is 2.52 bits per heavy atom. The van der Waals surface area contributed by atoms with Gasteiger partial charge in [0.25, 0.3) is 0 Å². The summed E-state index contributed by atoms with van der Waals surface area (Å²) < 4.78 is 0. The van der Waals surface area contributed by atoms with Crippen LogP contribution in [-0.4, -0.2) is 36.2 Å². The van der Waals surface area contributed by atoms with Gasteiger partial charge in [0.05, 0.1) is 0 Å². The normalized spacial score (nSPS) is 23.9. The van der Waals surface area contributed by atoms with E-state index in [1.165, 1.54) is 0 Å². The molecule has 0 saturated heterocycles. The van der Waals surface area contributed by atoms with E-state index in [1.54, 1.807) is 0 Å². The van der Waals surface area contributed by atoms with E-state index in [2.05, 4.69) is 22.8 Å². The molecule has 1 N–H and O–H groups in total. The highest BCUT2D eigenvalue weighted by Crippen LogP contribution is 2.39. The zero-order valence-electron chi connectivity index (χ0n) is 16.0. The van der Waals surface area contributed by atoms with Crippen molar-refractivity contribution >= 4 is 17.7 Å². The van der Waals surface area contributed by atoms with E-state index in [9.17, 15) is 5.11 Å². The minimum atomic E-state index is -1.13. The van der Waals surface area contributed by atoms with Gasteiger partial charge in [0.15, 0.2) is 5.60 Å². The van der Waals surface area contributed by atoms with E-state index < -0.39 is 5.60 Å². The molecule has 2 nitrogen and oxygen atoms in total. The van der Waals surface area contributed by atoms with E-state index in [1.807, 2.05) is 68.7 Å². The third-order valence-corrected chi connectivity index (χ3v) is 5.30. The summed E-state index contributed by atoms with van der Waals surface area (Å²) in [5, 5.41) is 12.4. The lowest BCUT2D eigenvalue weighted by Gasteiger charge is -2.40. The Morgan fingerprint density at radius 2 is 1.85 bits per heavy atom. The molecule has 1 saturated carbocycles. The van der Waals surface area contributed by atoms with Gasteiger partial charge in [-0.2, -0.15) is 0 Å². The zero-order chi connectivity index (χ0) is 19.3. The van der Waals surface area contributed by atoms with Crippen LogP contribution in [0.3, 0.4) is 0 Å². The quantitative estimate of drug-likeness (QED) is 0.769. The summed E-state index contributed by atoms with van der Waals surface area (Å²) in [6.45, 7) is 0.803. The van der Waals surface area contributed by atoms with Gasteiger partial charge in [-0.3, -0.25) is 0 Å². The van der Waals surface area contributed by atoms with E-state index in [0.717, 1.165) is 42.5 Å². The van der Waals surface area contributed by atoms with Gasteiger partial charge in [0.2, 0.25) is 0 Å². The Labute approximate surface area is 167 Å². The molecule has 140 valence electrons. The molecule has 2 unspecified atom stereocenters. The van der Waals surface area contributed by atoms with Crippen LogP contribution < -0.4 is 0 Å². The number of hydrogen-bond donors (Lipinski definition) is 1. The molecule has 0 aromatic heterocycles. The van der Waals surface area contributed by atoms with Gasteiger partial charge in [-0.25, -0.2) is 0 Å². The Hall–Kier alpha value is -2.05. The zero-order valence-corrected chi connectivity index (χ0v) is 16.7. The molecule has 0 amide bonds. The minimum Gasteiger partial charge on any atom is -0.373 e. The first-order chi connectivity index (χ1) is 13.0. The van der Waals surface area contributed by atoms with E-state index in [4.69, 9.17) is 11.6 Å². The van der Waals surface area contributed by atoms with Crippen LogP contribution in [0.15, 0.2) is 60.2 Å². The molecule has 27 heavy (non-hydrogen) atoms. The Balaban J connectivity index is 2.01. The van der Waals surface area contributed by atoms with Gasteiger partial charge in [0.1, 0.15) is 0 Å². The predicted molar refractivity (Wildman–Crippen MR) is 114 cm³/mol. The van der Waals surface area contributed by atoms with Crippen molar-refractivity contribution in [3.05, 3.63) is 76.3 Å². The van der Waals surface area contributed by atoms with Crippen molar-refractivity contribution in [1.82, 2.24) is 4.90 Å². The van der Waals surface area contributed by atoms with Gasteiger partial charge in [-0.15, -0.1) is 0 Å². The standard InChI is InChI=1S/C24H26ClNO/c1-26(2)18-22-10-6-9-21(17-20-11-13-23(25)14-12-20)24(22,27)16-15-19-7-4-3-5-8-19/h3-5,7-8,11-14,17,22,27H,6,9-10,18H2,1-2H3. The molecule has 1 aliphatic carbocycles. The van der Waals surface area contributed by atoms with Crippen LogP contribution in [0.4, 0.5) is 0 Å². The van der Waals surface area contributed by atoms with Crippen molar-refractivity contribution in [2.45, 2.75) is 24.9 Å². The lowest BCUT2D eigenvalue weighted by molar-refractivity contribution is 0.0374. The van der Waals surface area contributed by atoms with E-state index in [0.29, 0.717) is 5.02 Å². The smallest absolute Gasteiger partial charge is 0.151 e. The van der Waals surface area contributed by atoms with Crippen LogP contribution >= 0.6 is 11.6 Å². The maximum Gasteiger partial charge on any atom is 0.151 e. The lowest BCUT2D eigenvalue weighted by Crippen LogP contribution is -2.46.